The van der Waals surface area contributed by atoms with Crippen LogP contribution in [0.2, 0.25) is 0 Å². The van der Waals surface area contributed by atoms with Crippen LogP contribution in [0.15, 0.2) is 46.5 Å². The molecule has 1 aliphatic heterocycles. The van der Waals surface area contributed by atoms with Crippen molar-refractivity contribution in [1.29, 1.82) is 5.26 Å². The molecular formula is C22H24N4O5S2. The van der Waals surface area contributed by atoms with Gasteiger partial charge in [-0.15, -0.1) is 0 Å². The molecule has 1 aromatic heterocycles. The van der Waals surface area contributed by atoms with Gasteiger partial charge in [0.2, 0.25) is 10.0 Å². The number of ether oxygens (including phenoxy) is 1. The van der Waals surface area contributed by atoms with Crippen molar-refractivity contribution in [3.63, 3.8) is 0 Å². The third-order valence-corrected chi connectivity index (χ3v) is 6.61. The van der Waals surface area contributed by atoms with E-state index in [1.165, 1.54) is 9.21 Å². The molecule has 1 aromatic carbocycles. The van der Waals surface area contributed by atoms with Gasteiger partial charge >= 0.3 is 0 Å². The second-order valence-electron chi connectivity index (χ2n) is 7.25. The van der Waals surface area contributed by atoms with Crippen LogP contribution in [0.3, 0.4) is 0 Å². The average Bonchev–Trinajstić information content (AvgIpc) is 3.29. The third kappa shape index (κ3) is 5.60. The number of furan rings is 1. The number of carbonyl (C=O) groups excluding carboxylic acids is 1. The SMILES string of the molecule is CCOc1ccc(N2C(=O)/C(=C/c3ccc(CN(CCC#N)S(C)(=O)=O)o3)N(C)C2=S)cc1. The minimum absolute atomic E-state index is 0.00973. The van der Waals surface area contributed by atoms with Gasteiger partial charge in [0.25, 0.3) is 5.91 Å². The van der Waals surface area contributed by atoms with Crippen molar-refractivity contribution in [2.75, 3.05) is 31.4 Å². The van der Waals surface area contributed by atoms with E-state index in [1.807, 2.05) is 13.0 Å². The number of thiocarbonyl (C=S) groups is 1. The molecule has 0 unspecified atom stereocenters. The number of nitriles is 1. The molecule has 1 saturated heterocycles. The number of nitrogens with zero attached hydrogens (tertiary/aromatic N) is 4. The van der Waals surface area contributed by atoms with Crippen LogP contribution in [0.25, 0.3) is 6.08 Å². The molecular weight excluding hydrogens is 464 g/mol. The Morgan fingerprint density at radius 3 is 2.55 bits per heavy atom. The molecule has 0 saturated carbocycles. The largest absolute Gasteiger partial charge is 0.494 e. The first kappa shape index (κ1) is 24.4. The fraction of sp³-hybridized carbons (Fsp3) is 0.318. The molecule has 0 aliphatic carbocycles. The molecule has 33 heavy (non-hydrogen) atoms. The maximum absolute atomic E-state index is 13.1. The number of amides is 1. The first-order chi connectivity index (χ1) is 15.7. The topological polar surface area (TPSA) is 107 Å². The number of carbonyl (C=O) groups is 1. The molecule has 2 aromatic rings. The monoisotopic (exact) mass is 488 g/mol. The van der Waals surface area contributed by atoms with Gasteiger partial charge in [0.1, 0.15) is 23.0 Å². The van der Waals surface area contributed by atoms with Crippen LogP contribution in [0.5, 0.6) is 5.75 Å². The molecule has 0 radical (unpaired) electrons. The van der Waals surface area contributed by atoms with E-state index in [9.17, 15) is 13.2 Å². The van der Waals surface area contributed by atoms with E-state index in [1.54, 1.807) is 54.4 Å². The van der Waals surface area contributed by atoms with E-state index in [0.29, 0.717) is 40.4 Å². The van der Waals surface area contributed by atoms with Crippen molar-refractivity contribution < 1.29 is 22.4 Å². The van der Waals surface area contributed by atoms with Gasteiger partial charge in [-0.25, -0.2) is 8.42 Å². The van der Waals surface area contributed by atoms with E-state index < -0.39 is 10.0 Å². The molecule has 3 rings (SSSR count). The number of anilines is 1. The van der Waals surface area contributed by atoms with Crippen molar-refractivity contribution in [1.82, 2.24) is 9.21 Å². The normalized spacial score (nSPS) is 15.5. The minimum Gasteiger partial charge on any atom is -0.494 e. The van der Waals surface area contributed by atoms with Gasteiger partial charge in [-0.2, -0.15) is 9.57 Å². The summed E-state index contributed by atoms with van der Waals surface area (Å²) in [5, 5.41) is 9.08. The van der Waals surface area contributed by atoms with E-state index in [2.05, 4.69) is 0 Å². The van der Waals surface area contributed by atoms with Crippen LogP contribution in [-0.4, -0.2) is 55.1 Å². The highest BCUT2D eigenvalue weighted by Crippen LogP contribution is 2.29. The quantitative estimate of drug-likeness (QED) is 0.392. The zero-order valence-electron chi connectivity index (χ0n) is 18.5. The van der Waals surface area contributed by atoms with Crippen molar-refractivity contribution in [3.8, 4) is 11.8 Å². The molecule has 9 nitrogen and oxygen atoms in total. The summed E-state index contributed by atoms with van der Waals surface area (Å²) in [5.74, 6) is 1.16. The van der Waals surface area contributed by atoms with E-state index in [4.69, 9.17) is 26.6 Å². The molecule has 0 N–H and O–H groups in total. The lowest BCUT2D eigenvalue weighted by Gasteiger charge is -2.17. The summed E-state index contributed by atoms with van der Waals surface area (Å²) in [5.41, 5.74) is 0.935. The Balaban J connectivity index is 1.81. The third-order valence-electron chi connectivity index (χ3n) is 4.90. The number of benzene rings is 1. The second-order valence-corrected chi connectivity index (χ2v) is 9.59. The minimum atomic E-state index is -3.51. The zero-order chi connectivity index (χ0) is 24.2. The van der Waals surface area contributed by atoms with E-state index in [-0.39, 0.29) is 25.4 Å². The van der Waals surface area contributed by atoms with Crippen LogP contribution in [0.4, 0.5) is 5.69 Å². The van der Waals surface area contributed by atoms with Crippen LogP contribution >= 0.6 is 12.2 Å². The van der Waals surface area contributed by atoms with Crippen LogP contribution in [-0.2, 0) is 21.4 Å². The standard InChI is InChI=1S/C22H24N4O5S2/c1-4-30-17-8-6-16(7-9-17)26-21(27)20(24(2)22(26)32)14-18-10-11-19(31-18)15-25(13-5-12-23)33(3,28)29/h6-11,14H,4-5,13,15H2,1-3H3/b20-14-. The maximum Gasteiger partial charge on any atom is 0.281 e. The molecule has 11 heteroatoms. The zero-order valence-corrected chi connectivity index (χ0v) is 20.1. The van der Waals surface area contributed by atoms with Crippen LogP contribution in [0, 0.1) is 11.3 Å². The van der Waals surface area contributed by atoms with Crippen LogP contribution in [0.1, 0.15) is 24.9 Å². The fourth-order valence-corrected chi connectivity index (χ4v) is 4.32. The Kier molecular flexibility index (Phi) is 7.53. The lowest BCUT2D eigenvalue weighted by Crippen LogP contribution is -2.31. The predicted molar refractivity (Wildman–Crippen MR) is 128 cm³/mol. The van der Waals surface area contributed by atoms with E-state index in [0.717, 1.165) is 6.26 Å². The summed E-state index contributed by atoms with van der Waals surface area (Å²) >= 11 is 5.47. The predicted octanol–water partition coefficient (Wildman–Crippen LogP) is 2.96. The highest BCUT2D eigenvalue weighted by atomic mass is 32.2. The van der Waals surface area contributed by atoms with Crippen molar-refractivity contribution >= 4 is 45.0 Å². The molecule has 1 aliphatic rings. The summed E-state index contributed by atoms with van der Waals surface area (Å²) < 4.78 is 36.3. The number of hydrogen-bond acceptors (Lipinski definition) is 7. The Bertz CT molecular complexity index is 1210. The highest BCUT2D eigenvalue weighted by Gasteiger charge is 2.37. The lowest BCUT2D eigenvalue weighted by atomic mass is 10.2. The first-order valence-electron chi connectivity index (χ1n) is 10.1. The second kappa shape index (κ2) is 10.2. The Hall–Kier alpha value is -3.20. The summed E-state index contributed by atoms with van der Waals surface area (Å²) in [6, 6.07) is 12.3. The fourth-order valence-electron chi connectivity index (χ4n) is 3.24. The van der Waals surface area contributed by atoms with Gasteiger partial charge in [-0.1, -0.05) is 0 Å². The van der Waals surface area contributed by atoms with Crippen molar-refractivity contribution in [3.05, 3.63) is 53.6 Å². The van der Waals surface area contributed by atoms with Crippen molar-refractivity contribution in [2.45, 2.75) is 19.9 Å². The number of rotatable bonds is 9. The smallest absolute Gasteiger partial charge is 0.281 e. The Morgan fingerprint density at radius 1 is 1.24 bits per heavy atom. The highest BCUT2D eigenvalue weighted by molar-refractivity contribution is 7.88. The van der Waals surface area contributed by atoms with Gasteiger partial charge in [0, 0.05) is 26.1 Å². The molecule has 1 fully saturated rings. The van der Waals surface area contributed by atoms with Gasteiger partial charge in [0.05, 0.1) is 31.2 Å². The summed E-state index contributed by atoms with van der Waals surface area (Å²) in [6.45, 7) is 2.49. The molecule has 0 spiro atoms. The Morgan fingerprint density at radius 2 is 1.94 bits per heavy atom. The van der Waals surface area contributed by atoms with Gasteiger partial charge in [-0.3, -0.25) is 9.69 Å². The van der Waals surface area contributed by atoms with E-state index >= 15 is 0 Å². The van der Waals surface area contributed by atoms with Crippen LogP contribution < -0.4 is 9.64 Å². The first-order valence-corrected chi connectivity index (χ1v) is 12.4. The molecule has 174 valence electrons. The summed E-state index contributed by atoms with van der Waals surface area (Å²) in [7, 11) is -1.81. The van der Waals surface area contributed by atoms with Gasteiger partial charge < -0.3 is 14.1 Å². The number of likely N-dealkylation sites (N-methyl/N-ethyl adjacent to an activating group) is 1. The van der Waals surface area contributed by atoms with Crippen molar-refractivity contribution in [2.24, 2.45) is 0 Å². The maximum atomic E-state index is 13.1. The van der Waals surface area contributed by atoms with Gasteiger partial charge in [0.15, 0.2) is 5.11 Å². The molecule has 0 atom stereocenters. The average molecular weight is 489 g/mol. The van der Waals surface area contributed by atoms with Gasteiger partial charge in [-0.05, 0) is 55.5 Å². The number of hydrogen-bond donors (Lipinski definition) is 0. The number of sulfonamides is 1. The lowest BCUT2D eigenvalue weighted by molar-refractivity contribution is -0.114. The molecule has 0 bridgehead atoms. The Labute approximate surface area is 198 Å². The molecule has 1 amide bonds. The molecule has 2 heterocycles. The summed E-state index contributed by atoms with van der Waals surface area (Å²) in [6.07, 6.45) is 2.72. The summed E-state index contributed by atoms with van der Waals surface area (Å²) in [4.78, 5) is 16.1.